The Hall–Kier alpha value is -0.870. The first-order chi connectivity index (χ1) is 8.27. The highest BCUT2D eigenvalue weighted by atomic mass is 15.2. The molecule has 2 atom stereocenters. The van der Waals surface area contributed by atoms with Gasteiger partial charge in [-0.25, -0.2) is 0 Å². The van der Waals surface area contributed by atoms with Crippen LogP contribution in [0.2, 0.25) is 0 Å². The van der Waals surface area contributed by atoms with Gasteiger partial charge in [-0.1, -0.05) is 6.42 Å². The van der Waals surface area contributed by atoms with E-state index in [4.69, 9.17) is 0 Å². The molecule has 1 aromatic heterocycles. The zero-order valence-corrected chi connectivity index (χ0v) is 10.9. The van der Waals surface area contributed by atoms with Crippen molar-refractivity contribution in [2.75, 3.05) is 19.6 Å². The maximum Gasteiger partial charge on any atom is 0.0518 e. The van der Waals surface area contributed by atoms with Crippen molar-refractivity contribution in [3.05, 3.63) is 18.0 Å². The maximum absolute atomic E-state index is 3.98. The fraction of sp³-hybridized carbons (Fsp3) is 0.769. The molecule has 0 aromatic carbocycles. The minimum absolute atomic E-state index is 0.352. The highest BCUT2D eigenvalue weighted by molar-refractivity contribution is 5.02. The molecule has 2 heterocycles. The van der Waals surface area contributed by atoms with Crippen molar-refractivity contribution in [1.29, 1.82) is 0 Å². The van der Waals surface area contributed by atoms with E-state index in [-0.39, 0.29) is 0 Å². The van der Waals surface area contributed by atoms with E-state index in [1.165, 1.54) is 32.4 Å². The van der Waals surface area contributed by atoms with Gasteiger partial charge < -0.3 is 5.32 Å². The second kappa shape index (κ2) is 6.17. The van der Waals surface area contributed by atoms with Crippen LogP contribution in [0.5, 0.6) is 0 Å². The molecular weight excluding hydrogens is 212 g/mol. The van der Waals surface area contributed by atoms with E-state index in [1.54, 1.807) is 0 Å². The average molecular weight is 236 g/mol. The molecule has 1 saturated heterocycles. The number of aromatic nitrogens is 2. The molecule has 1 aliphatic rings. The smallest absolute Gasteiger partial charge is 0.0518 e. The second-order valence-corrected chi connectivity index (χ2v) is 5.09. The van der Waals surface area contributed by atoms with Gasteiger partial charge in [0.25, 0.3) is 0 Å². The van der Waals surface area contributed by atoms with Crippen molar-refractivity contribution < 1.29 is 0 Å². The van der Waals surface area contributed by atoms with E-state index >= 15 is 0 Å². The average Bonchev–Trinajstić information content (AvgIpc) is 2.90. The number of piperidine rings is 1. The van der Waals surface area contributed by atoms with E-state index in [9.17, 15) is 0 Å². The number of rotatable bonds is 5. The van der Waals surface area contributed by atoms with Crippen LogP contribution >= 0.6 is 0 Å². The van der Waals surface area contributed by atoms with Crippen molar-refractivity contribution in [1.82, 2.24) is 20.4 Å². The van der Waals surface area contributed by atoms with Crippen LogP contribution in [-0.4, -0.2) is 40.8 Å². The third-order valence-electron chi connectivity index (χ3n) is 3.72. The first-order valence-electron chi connectivity index (χ1n) is 6.74. The predicted octanol–water partition coefficient (Wildman–Crippen LogP) is 1.93. The second-order valence-electron chi connectivity index (χ2n) is 5.09. The predicted molar refractivity (Wildman–Crippen MR) is 69.9 cm³/mol. The highest BCUT2D eigenvalue weighted by Gasteiger charge is 2.17. The summed E-state index contributed by atoms with van der Waals surface area (Å²) in [4.78, 5) is 2.59. The molecule has 0 radical (unpaired) electrons. The zero-order valence-electron chi connectivity index (χ0n) is 10.9. The molecule has 0 bridgehead atoms. The van der Waals surface area contributed by atoms with Crippen LogP contribution in [0, 0.1) is 0 Å². The summed E-state index contributed by atoms with van der Waals surface area (Å²) in [5, 5.41) is 10.6. The third kappa shape index (κ3) is 3.54. The van der Waals surface area contributed by atoms with Crippen LogP contribution in [0.3, 0.4) is 0 Å². The Morgan fingerprint density at radius 1 is 1.35 bits per heavy atom. The number of nitrogens with zero attached hydrogens (tertiary/aromatic N) is 2. The molecule has 0 saturated carbocycles. The van der Waals surface area contributed by atoms with Gasteiger partial charge in [0.15, 0.2) is 0 Å². The normalized spacial score (nSPS) is 21.3. The topological polar surface area (TPSA) is 44.0 Å². The lowest BCUT2D eigenvalue weighted by molar-refractivity contribution is 0.168. The van der Waals surface area contributed by atoms with Gasteiger partial charge in [-0.2, -0.15) is 5.10 Å². The summed E-state index contributed by atoms with van der Waals surface area (Å²) < 4.78 is 0. The van der Waals surface area contributed by atoms with Crippen LogP contribution < -0.4 is 5.32 Å². The number of nitrogens with one attached hydrogen (secondary N) is 2. The van der Waals surface area contributed by atoms with Crippen LogP contribution in [-0.2, 0) is 0 Å². The fourth-order valence-corrected chi connectivity index (χ4v) is 2.45. The van der Waals surface area contributed by atoms with Gasteiger partial charge in [0.1, 0.15) is 0 Å². The summed E-state index contributed by atoms with van der Waals surface area (Å²) in [6.45, 7) is 8.07. The molecule has 4 heteroatoms. The Labute approximate surface area is 104 Å². The third-order valence-corrected chi connectivity index (χ3v) is 3.72. The summed E-state index contributed by atoms with van der Waals surface area (Å²) in [5.74, 6) is 0. The number of likely N-dealkylation sites (tertiary alicyclic amines) is 1. The van der Waals surface area contributed by atoms with Crippen LogP contribution in [0.1, 0.15) is 44.8 Å². The van der Waals surface area contributed by atoms with Gasteiger partial charge in [0.05, 0.1) is 5.69 Å². The Morgan fingerprint density at radius 2 is 2.12 bits per heavy atom. The summed E-state index contributed by atoms with van der Waals surface area (Å²) in [7, 11) is 0. The van der Waals surface area contributed by atoms with Crippen molar-refractivity contribution in [3.8, 4) is 0 Å². The molecule has 4 nitrogen and oxygen atoms in total. The molecule has 1 aliphatic heterocycles. The van der Waals surface area contributed by atoms with Crippen LogP contribution in [0.15, 0.2) is 12.3 Å². The number of H-pyrrole nitrogens is 1. The van der Waals surface area contributed by atoms with Gasteiger partial charge in [-0.15, -0.1) is 0 Å². The van der Waals surface area contributed by atoms with E-state index in [0.29, 0.717) is 12.1 Å². The Balaban J connectivity index is 1.73. The maximum atomic E-state index is 3.98. The minimum Gasteiger partial charge on any atom is -0.307 e. The molecule has 1 fully saturated rings. The Bertz CT molecular complexity index is 303. The number of aromatic amines is 1. The SMILES string of the molecule is CC(NCC(C)N1CCCCC1)c1ccn[nH]1. The van der Waals surface area contributed by atoms with E-state index < -0.39 is 0 Å². The number of hydrogen-bond acceptors (Lipinski definition) is 3. The molecule has 17 heavy (non-hydrogen) atoms. The lowest BCUT2D eigenvalue weighted by Gasteiger charge is -2.33. The Morgan fingerprint density at radius 3 is 2.76 bits per heavy atom. The molecule has 0 spiro atoms. The van der Waals surface area contributed by atoms with Gasteiger partial charge in [-0.3, -0.25) is 10.00 Å². The van der Waals surface area contributed by atoms with E-state index in [2.05, 4.69) is 34.3 Å². The summed E-state index contributed by atoms with van der Waals surface area (Å²) in [6.07, 6.45) is 5.93. The first kappa shape index (κ1) is 12.6. The molecule has 1 aromatic rings. The highest BCUT2D eigenvalue weighted by Crippen LogP contribution is 2.13. The fourth-order valence-electron chi connectivity index (χ4n) is 2.45. The van der Waals surface area contributed by atoms with Gasteiger partial charge in [0.2, 0.25) is 0 Å². The zero-order chi connectivity index (χ0) is 12.1. The van der Waals surface area contributed by atoms with Crippen molar-refractivity contribution in [3.63, 3.8) is 0 Å². The lowest BCUT2D eigenvalue weighted by Crippen LogP contribution is -2.43. The molecule has 2 rings (SSSR count). The van der Waals surface area contributed by atoms with Gasteiger partial charge in [0, 0.05) is 24.8 Å². The first-order valence-corrected chi connectivity index (χ1v) is 6.74. The quantitative estimate of drug-likeness (QED) is 0.821. The van der Waals surface area contributed by atoms with Crippen LogP contribution in [0.4, 0.5) is 0 Å². The summed E-state index contributed by atoms with van der Waals surface area (Å²) >= 11 is 0. The summed E-state index contributed by atoms with van der Waals surface area (Å²) in [6, 6.07) is 3.01. The largest absolute Gasteiger partial charge is 0.307 e. The molecule has 2 N–H and O–H groups in total. The van der Waals surface area contributed by atoms with Crippen LogP contribution in [0.25, 0.3) is 0 Å². The van der Waals surface area contributed by atoms with E-state index in [1.807, 2.05) is 12.3 Å². The lowest BCUT2D eigenvalue weighted by atomic mass is 10.1. The molecular formula is C13H24N4. The molecule has 96 valence electrons. The van der Waals surface area contributed by atoms with Crippen molar-refractivity contribution in [2.45, 2.75) is 45.2 Å². The Kier molecular flexibility index (Phi) is 4.57. The summed E-state index contributed by atoms with van der Waals surface area (Å²) in [5.41, 5.74) is 1.16. The minimum atomic E-state index is 0.352. The monoisotopic (exact) mass is 236 g/mol. The molecule has 0 aliphatic carbocycles. The van der Waals surface area contributed by atoms with E-state index in [0.717, 1.165) is 12.2 Å². The van der Waals surface area contributed by atoms with Gasteiger partial charge >= 0.3 is 0 Å². The standard InChI is InChI=1S/C13H24N4/c1-11(17-8-4-3-5-9-17)10-14-12(2)13-6-7-15-16-13/h6-7,11-12,14H,3-5,8-10H2,1-2H3,(H,15,16). The molecule has 2 unspecified atom stereocenters. The van der Waals surface area contributed by atoms with Gasteiger partial charge in [-0.05, 0) is 45.8 Å². The molecule has 0 amide bonds. The van der Waals surface area contributed by atoms with Crippen molar-refractivity contribution >= 4 is 0 Å². The number of hydrogen-bond donors (Lipinski definition) is 2. The van der Waals surface area contributed by atoms with Crippen molar-refractivity contribution in [2.24, 2.45) is 0 Å².